The van der Waals surface area contributed by atoms with E-state index < -0.39 is 11.9 Å². The molecule has 0 saturated heterocycles. The topological polar surface area (TPSA) is 80.3 Å². The maximum absolute atomic E-state index is 9.41. The van der Waals surface area contributed by atoms with E-state index in [1.807, 2.05) is 0 Å². The van der Waals surface area contributed by atoms with Crippen molar-refractivity contribution in [3.63, 3.8) is 0 Å². The third-order valence-corrected chi connectivity index (χ3v) is 0.355. The predicted molar refractivity (Wildman–Crippen MR) is 24.9 cm³/mol. The summed E-state index contributed by atoms with van der Waals surface area (Å²) in [4.78, 5) is 18.8. The van der Waals surface area contributed by atoms with Crippen LogP contribution in [0.5, 0.6) is 0 Å². The average molecular weight is 123 g/mol. The molecule has 0 amide bonds. The molecule has 0 bridgehead atoms. The van der Waals surface area contributed by atoms with Crippen LogP contribution in [0.15, 0.2) is 12.2 Å². The summed E-state index contributed by atoms with van der Waals surface area (Å²) in [6.07, 6.45) is 0.769. The largest absolute Gasteiger partial charge is 2.00 e. The second-order valence-corrected chi connectivity index (χ2v) is 0.971. The van der Waals surface area contributed by atoms with E-state index in [2.05, 4.69) is 0 Å². The zero-order valence-electron chi connectivity index (χ0n) is 4.49. The number of carboxylic acid groups (broad SMARTS) is 2. The molecule has 0 N–H and O–H groups in total. The Hall–Kier alpha value is -1.15. The molecule has 0 aromatic rings. The van der Waals surface area contributed by atoms with Gasteiger partial charge >= 0.3 is 10.1 Å². The summed E-state index contributed by atoms with van der Waals surface area (Å²) in [5.74, 6) is -3.09. The Morgan fingerprint density at radius 2 is 1.22 bits per heavy atom. The van der Waals surface area contributed by atoms with Crippen LogP contribution in [0.2, 0.25) is 0 Å². The van der Waals surface area contributed by atoms with Crippen LogP contribution in [0, 0.1) is 0 Å². The summed E-state index contributed by atoms with van der Waals surface area (Å²) in [6, 6.07) is 0. The van der Waals surface area contributed by atoms with Crippen molar-refractivity contribution < 1.29 is 19.8 Å². The first-order valence-corrected chi connectivity index (χ1v) is 1.73. The molecule has 0 aromatic heterocycles. The Kier molecular flexibility index (Phi) is 5.97. The smallest absolute Gasteiger partial charge is 0.545 e. The summed E-state index contributed by atoms with van der Waals surface area (Å²) < 4.78 is 0. The molecule has 0 spiro atoms. The Labute approximate surface area is 55.0 Å². The molecular weight excluding hydrogens is 121 g/mol. The first kappa shape index (κ1) is 10.8. The molecule has 0 fully saturated rings. The molecule has 0 heterocycles. The van der Waals surface area contributed by atoms with E-state index in [1.54, 1.807) is 0 Å². The van der Waals surface area contributed by atoms with Crippen LogP contribution >= 0.6 is 0 Å². The van der Waals surface area contributed by atoms with Crippen molar-refractivity contribution in [3.8, 4) is 0 Å². The SMILES string of the molecule is O=C([O-])C=CC(=O)[O-].[Be+2]. The number of hydrogen-bond acceptors (Lipinski definition) is 4. The van der Waals surface area contributed by atoms with Gasteiger partial charge in [0.25, 0.3) is 0 Å². The van der Waals surface area contributed by atoms with E-state index in [0.29, 0.717) is 12.2 Å². The van der Waals surface area contributed by atoms with Crippen LogP contribution in [0.25, 0.3) is 0 Å². The van der Waals surface area contributed by atoms with Crippen molar-refractivity contribution >= 4 is 22.1 Å². The summed E-state index contributed by atoms with van der Waals surface area (Å²) in [7, 11) is 0. The van der Waals surface area contributed by atoms with Gasteiger partial charge in [0, 0.05) is 0 Å². The van der Waals surface area contributed by atoms with Crippen molar-refractivity contribution in [2.45, 2.75) is 0 Å². The second kappa shape index (κ2) is 4.99. The van der Waals surface area contributed by atoms with Gasteiger partial charge in [-0.1, -0.05) is 0 Å². The standard InChI is InChI=1S/C4H4O4.Be/c5-3(6)1-2-4(7)8;/h1-2H,(H,5,6)(H,7,8);/q;+2/p-2. The minimum Gasteiger partial charge on any atom is -0.545 e. The summed E-state index contributed by atoms with van der Waals surface area (Å²) in [5, 5.41) is 18.8. The monoisotopic (exact) mass is 123 g/mol. The number of carbonyl (C=O) groups excluding carboxylic acids is 2. The van der Waals surface area contributed by atoms with Crippen LogP contribution in [-0.2, 0) is 9.59 Å². The Balaban J connectivity index is 0. The van der Waals surface area contributed by atoms with Gasteiger partial charge in [0.05, 0.1) is 11.9 Å². The van der Waals surface area contributed by atoms with E-state index in [4.69, 9.17) is 0 Å². The summed E-state index contributed by atoms with van der Waals surface area (Å²) >= 11 is 0. The first-order valence-electron chi connectivity index (χ1n) is 1.73. The Bertz CT molecular complexity index is 124. The van der Waals surface area contributed by atoms with E-state index in [9.17, 15) is 19.8 Å². The zero-order chi connectivity index (χ0) is 6.57. The average Bonchev–Trinajstić information content (AvgIpc) is 1.61. The Morgan fingerprint density at radius 1 is 1.00 bits per heavy atom. The normalized spacial score (nSPS) is 8.44. The number of rotatable bonds is 2. The number of hydrogen-bond donors (Lipinski definition) is 0. The first-order chi connectivity index (χ1) is 3.63. The quantitative estimate of drug-likeness (QED) is 0.284. The molecular formula is C4H2BeO4. The van der Waals surface area contributed by atoms with Crippen molar-refractivity contribution in [1.29, 1.82) is 0 Å². The second-order valence-electron chi connectivity index (χ2n) is 0.971. The fourth-order valence-electron chi connectivity index (χ4n) is 0.136. The van der Waals surface area contributed by atoms with Crippen LogP contribution in [0.3, 0.4) is 0 Å². The molecule has 4 nitrogen and oxygen atoms in total. The molecule has 9 heavy (non-hydrogen) atoms. The van der Waals surface area contributed by atoms with Gasteiger partial charge in [0.1, 0.15) is 0 Å². The number of carboxylic acids is 2. The molecule has 44 valence electrons. The summed E-state index contributed by atoms with van der Waals surface area (Å²) in [5.41, 5.74) is 0. The third-order valence-electron chi connectivity index (χ3n) is 0.355. The number of aliphatic carboxylic acids is 2. The molecule has 0 saturated carbocycles. The van der Waals surface area contributed by atoms with Gasteiger partial charge in [-0.2, -0.15) is 0 Å². The van der Waals surface area contributed by atoms with E-state index >= 15 is 0 Å². The van der Waals surface area contributed by atoms with Crippen molar-refractivity contribution in [3.05, 3.63) is 12.2 Å². The van der Waals surface area contributed by atoms with Crippen molar-refractivity contribution in [2.75, 3.05) is 0 Å². The number of carbonyl (C=O) groups is 2. The van der Waals surface area contributed by atoms with Gasteiger partial charge in [0.2, 0.25) is 0 Å². The third kappa shape index (κ3) is 10.9. The molecule has 0 aromatic carbocycles. The van der Waals surface area contributed by atoms with E-state index in [1.165, 1.54) is 0 Å². The molecule has 0 unspecified atom stereocenters. The van der Waals surface area contributed by atoms with Crippen LogP contribution in [0.1, 0.15) is 0 Å². The van der Waals surface area contributed by atoms with Crippen molar-refractivity contribution in [2.24, 2.45) is 0 Å². The molecule has 5 heteroatoms. The fourth-order valence-corrected chi connectivity index (χ4v) is 0.136. The molecule has 0 atom stereocenters. The van der Waals surface area contributed by atoms with Gasteiger partial charge < -0.3 is 19.8 Å². The zero-order valence-corrected chi connectivity index (χ0v) is 4.49. The molecule has 0 aliphatic carbocycles. The fraction of sp³-hybridized carbons (Fsp3) is 0. The minimum absolute atomic E-state index is 0. The molecule has 0 rings (SSSR count). The van der Waals surface area contributed by atoms with Gasteiger partial charge in [-0.05, 0) is 12.2 Å². The van der Waals surface area contributed by atoms with Gasteiger partial charge in [-0.25, -0.2) is 0 Å². The Morgan fingerprint density at radius 3 is 1.33 bits per heavy atom. The van der Waals surface area contributed by atoms with E-state index in [-0.39, 0.29) is 10.1 Å². The van der Waals surface area contributed by atoms with Gasteiger partial charge in [-0.3, -0.25) is 0 Å². The maximum Gasteiger partial charge on any atom is 2.00 e. The van der Waals surface area contributed by atoms with Crippen LogP contribution < -0.4 is 10.2 Å². The molecule has 0 aliphatic rings. The minimum atomic E-state index is -1.55. The summed E-state index contributed by atoms with van der Waals surface area (Å²) in [6.45, 7) is 0. The van der Waals surface area contributed by atoms with Crippen LogP contribution in [-0.4, -0.2) is 22.1 Å². The van der Waals surface area contributed by atoms with Gasteiger partial charge in [-0.15, -0.1) is 0 Å². The molecule has 0 radical (unpaired) electrons. The van der Waals surface area contributed by atoms with Crippen LogP contribution in [0.4, 0.5) is 0 Å². The predicted octanol–water partition coefficient (Wildman–Crippen LogP) is -3.34. The van der Waals surface area contributed by atoms with E-state index in [0.717, 1.165) is 0 Å². The van der Waals surface area contributed by atoms with Gasteiger partial charge in [0.15, 0.2) is 0 Å². The molecule has 0 aliphatic heterocycles. The van der Waals surface area contributed by atoms with Crippen molar-refractivity contribution in [1.82, 2.24) is 0 Å². The maximum atomic E-state index is 9.41.